The SMILES string of the molecule is CCC[C@@H](CCO)Nc1nc(N)nc2cnn(Cc3ccc(C(=O)N4CCNCC4)c4cccnc34)c12. The van der Waals surface area contributed by atoms with Crippen LogP contribution in [0.15, 0.2) is 36.7 Å². The molecule has 1 aromatic carbocycles. The summed E-state index contributed by atoms with van der Waals surface area (Å²) < 4.78 is 1.83. The highest BCUT2D eigenvalue weighted by Gasteiger charge is 2.22. The first-order valence-electron chi connectivity index (χ1n) is 12.8. The molecule has 0 unspecified atom stereocenters. The van der Waals surface area contributed by atoms with Crippen molar-refractivity contribution < 1.29 is 9.90 Å². The highest BCUT2D eigenvalue weighted by atomic mass is 16.3. The van der Waals surface area contributed by atoms with Crippen molar-refractivity contribution in [1.82, 2.24) is 34.9 Å². The normalized spacial score (nSPS) is 14.8. The van der Waals surface area contributed by atoms with Crippen LogP contribution in [0.3, 0.4) is 0 Å². The van der Waals surface area contributed by atoms with Crippen molar-refractivity contribution in [2.45, 2.75) is 38.8 Å². The van der Waals surface area contributed by atoms with Crippen molar-refractivity contribution in [1.29, 1.82) is 0 Å². The van der Waals surface area contributed by atoms with Gasteiger partial charge in [0, 0.05) is 56.0 Å². The molecule has 5 N–H and O–H groups in total. The maximum absolute atomic E-state index is 13.3. The number of carbonyl (C=O) groups excluding carboxylic acids is 1. The molecule has 0 saturated carbocycles. The van der Waals surface area contributed by atoms with Crippen LogP contribution in [0.2, 0.25) is 0 Å². The lowest BCUT2D eigenvalue weighted by molar-refractivity contribution is 0.0738. The Morgan fingerprint density at radius 2 is 2.05 bits per heavy atom. The molecule has 3 aromatic heterocycles. The van der Waals surface area contributed by atoms with Gasteiger partial charge in [0.1, 0.15) is 11.0 Å². The summed E-state index contributed by atoms with van der Waals surface area (Å²) in [5, 5.41) is 21.7. The second-order valence-corrected chi connectivity index (χ2v) is 9.32. The Morgan fingerprint density at radius 3 is 2.84 bits per heavy atom. The third-order valence-corrected chi connectivity index (χ3v) is 6.77. The number of benzene rings is 1. The van der Waals surface area contributed by atoms with E-state index in [1.54, 1.807) is 12.4 Å². The number of rotatable bonds is 9. The molecule has 0 radical (unpaired) electrons. The molecule has 37 heavy (non-hydrogen) atoms. The monoisotopic (exact) mass is 503 g/mol. The molecule has 11 heteroatoms. The lowest BCUT2D eigenvalue weighted by Gasteiger charge is -2.28. The van der Waals surface area contributed by atoms with Crippen LogP contribution in [0, 0.1) is 0 Å². The van der Waals surface area contributed by atoms with Gasteiger partial charge in [-0.05, 0) is 30.5 Å². The first-order valence-corrected chi connectivity index (χ1v) is 12.8. The topological polar surface area (TPSA) is 147 Å². The highest BCUT2D eigenvalue weighted by molar-refractivity contribution is 6.07. The number of nitrogens with zero attached hydrogens (tertiary/aromatic N) is 6. The van der Waals surface area contributed by atoms with Gasteiger partial charge in [0.25, 0.3) is 5.91 Å². The Morgan fingerprint density at radius 1 is 1.22 bits per heavy atom. The zero-order valence-electron chi connectivity index (χ0n) is 21.0. The van der Waals surface area contributed by atoms with Crippen LogP contribution in [0.5, 0.6) is 0 Å². The van der Waals surface area contributed by atoms with Gasteiger partial charge in [0.2, 0.25) is 5.95 Å². The van der Waals surface area contributed by atoms with E-state index in [0.717, 1.165) is 47.9 Å². The molecule has 0 spiro atoms. The maximum Gasteiger partial charge on any atom is 0.254 e. The molecule has 11 nitrogen and oxygen atoms in total. The van der Waals surface area contributed by atoms with Crippen LogP contribution in [0.1, 0.15) is 42.1 Å². The number of hydrogen-bond donors (Lipinski definition) is 4. The molecule has 5 rings (SSSR count). The third-order valence-electron chi connectivity index (χ3n) is 6.77. The van der Waals surface area contributed by atoms with Gasteiger partial charge in [-0.25, -0.2) is 4.98 Å². The standard InChI is InChI=1S/C26H33N9O2/c1-2-4-18(8-14-36)31-24-23-21(32-26(27)33-24)15-30-35(23)16-17-6-7-20(19-5-3-9-29-22(17)19)25(37)34-12-10-28-11-13-34/h3,5-7,9,15,18,28,36H,2,4,8,10-14,16H2,1H3,(H3,27,31,32,33)/t18-/m0/s1. The molecule has 1 atom stereocenters. The third kappa shape index (κ3) is 5.18. The minimum absolute atomic E-state index is 0.0248. The molecule has 0 bridgehead atoms. The number of aromatic nitrogens is 5. The van der Waals surface area contributed by atoms with Gasteiger partial charge in [0.05, 0.1) is 18.3 Å². The molecule has 4 aromatic rings. The summed E-state index contributed by atoms with van der Waals surface area (Å²) >= 11 is 0. The number of amides is 1. The molecular formula is C26H33N9O2. The first-order chi connectivity index (χ1) is 18.1. The predicted octanol–water partition coefficient (Wildman–Crippen LogP) is 2.01. The number of hydrogen-bond acceptors (Lipinski definition) is 9. The van der Waals surface area contributed by atoms with Crippen molar-refractivity contribution in [2.24, 2.45) is 0 Å². The van der Waals surface area contributed by atoms with E-state index >= 15 is 0 Å². The van der Waals surface area contributed by atoms with E-state index in [9.17, 15) is 9.90 Å². The molecule has 0 aliphatic carbocycles. The number of aliphatic hydroxyl groups excluding tert-OH is 1. The minimum Gasteiger partial charge on any atom is -0.396 e. The predicted molar refractivity (Wildman–Crippen MR) is 143 cm³/mol. The average molecular weight is 504 g/mol. The van der Waals surface area contributed by atoms with Crippen molar-refractivity contribution in [3.05, 3.63) is 47.8 Å². The van der Waals surface area contributed by atoms with Crippen molar-refractivity contribution >= 4 is 39.6 Å². The van der Waals surface area contributed by atoms with E-state index in [-0.39, 0.29) is 24.5 Å². The number of aliphatic hydroxyl groups is 1. The van der Waals surface area contributed by atoms with E-state index in [0.29, 0.717) is 43.0 Å². The lowest BCUT2D eigenvalue weighted by Crippen LogP contribution is -2.46. The second-order valence-electron chi connectivity index (χ2n) is 9.32. The molecule has 194 valence electrons. The quantitative estimate of drug-likeness (QED) is 0.269. The zero-order chi connectivity index (χ0) is 25.8. The number of anilines is 2. The first kappa shape index (κ1) is 24.8. The lowest BCUT2D eigenvalue weighted by atomic mass is 10.0. The Kier molecular flexibility index (Phi) is 7.42. The molecule has 1 amide bonds. The van der Waals surface area contributed by atoms with E-state index in [1.807, 2.05) is 33.8 Å². The number of fused-ring (bicyclic) bond motifs is 2. The fourth-order valence-corrected chi connectivity index (χ4v) is 4.97. The van der Waals surface area contributed by atoms with Crippen LogP contribution in [-0.2, 0) is 6.54 Å². The highest BCUT2D eigenvalue weighted by Crippen LogP contribution is 2.27. The largest absolute Gasteiger partial charge is 0.396 e. The summed E-state index contributed by atoms with van der Waals surface area (Å²) in [5.74, 6) is 0.781. The number of nitrogens with two attached hydrogens (primary N) is 1. The Labute approximate surface area is 215 Å². The van der Waals surface area contributed by atoms with Gasteiger partial charge >= 0.3 is 0 Å². The summed E-state index contributed by atoms with van der Waals surface area (Å²) in [6, 6.07) is 7.70. The number of pyridine rings is 1. The minimum atomic E-state index is 0.0248. The number of nitrogen functional groups attached to an aromatic ring is 1. The number of piperazine rings is 1. The van der Waals surface area contributed by atoms with Crippen molar-refractivity contribution in [3.8, 4) is 0 Å². The van der Waals surface area contributed by atoms with Crippen LogP contribution in [0.25, 0.3) is 21.9 Å². The molecule has 4 heterocycles. The summed E-state index contributed by atoms with van der Waals surface area (Å²) in [5.41, 5.74) is 9.72. The van der Waals surface area contributed by atoms with Crippen LogP contribution in [-0.4, -0.2) is 79.5 Å². The van der Waals surface area contributed by atoms with Crippen LogP contribution in [0.4, 0.5) is 11.8 Å². The summed E-state index contributed by atoms with van der Waals surface area (Å²) in [6.07, 6.45) is 5.88. The van der Waals surface area contributed by atoms with E-state index < -0.39 is 0 Å². The molecule has 1 saturated heterocycles. The Bertz CT molecular complexity index is 1390. The summed E-state index contributed by atoms with van der Waals surface area (Å²) in [4.78, 5) is 28.7. The molecule has 1 aliphatic rings. The summed E-state index contributed by atoms with van der Waals surface area (Å²) in [6.45, 7) is 5.58. The Balaban J connectivity index is 1.52. The van der Waals surface area contributed by atoms with E-state index in [4.69, 9.17) is 5.73 Å². The van der Waals surface area contributed by atoms with Gasteiger partial charge < -0.3 is 26.4 Å². The van der Waals surface area contributed by atoms with Gasteiger partial charge in [-0.2, -0.15) is 10.1 Å². The average Bonchev–Trinajstić information content (AvgIpc) is 3.31. The second kappa shape index (κ2) is 11.1. The van der Waals surface area contributed by atoms with Crippen molar-refractivity contribution in [3.63, 3.8) is 0 Å². The van der Waals surface area contributed by atoms with Crippen LogP contribution >= 0.6 is 0 Å². The van der Waals surface area contributed by atoms with Crippen molar-refractivity contribution in [2.75, 3.05) is 43.8 Å². The fourth-order valence-electron chi connectivity index (χ4n) is 4.97. The smallest absolute Gasteiger partial charge is 0.254 e. The zero-order valence-corrected chi connectivity index (χ0v) is 21.0. The number of carbonyl (C=O) groups is 1. The molecule has 1 fully saturated rings. The Hall–Kier alpha value is -3.83. The van der Waals surface area contributed by atoms with Crippen LogP contribution < -0.4 is 16.4 Å². The molecule has 1 aliphatic heterocycles. The van der Waals surface area contributed by atoms with Gasteiger partial charge in [0.15, 0.2) is 5.82 Å². The van der Waals surface area contributed by atoms with Gasteiger partial charge in [-0.15, -0.1) is 0 Å². The fraction of sp³-hybridized carbons (Fsp3) is 0.423. The van der Waals surface area contributed by atoms with Gasteiger partial charge in [-0.1, -0.05) is 25.5 Å². The maximum atomic E-state index is 13.3. The van der Waals surface area contributed by atoms with E-state index in [2.05, 4.69) is 37.6 Å². The van der Waals surface area contributed by atoms with Gasteiger partial charge in [-0.3, -0.25) is 14.5 Å². The molecular weight excluding hydrogens is 470 g/mol. The number of nitrogens with one attached hydrogen (secondary N) is 2. The van der Waals surface area contributed by atoms with E-state index in [1.165, 1.54) is 0 Å². The summed E-state index contributed by atoms with van der Waals surface area (Å²) in [7, 11) is 0.